The van der Waals surface area contributed by atoms with Gasteiger partial charge in [0.15, 0.2) is 5.58 Å². The highest BCUT2D eigenvalue weighted by molar-refractivity contribution is 5.96. The number of rotatable bonds is 6. The smallest absolute Gasteiger partial charge is 0.267 e. The lowest BCUT2D eigenvalue weighted by Gasteiger charge is -2.20. The molecular formula is C14H20N2O3. The number of furan rings is 1. The summed E-state index contributed by atoms with van der Waals surface area (Å²) in [5, 5.41) is 12.7. The topological polar surface area (TPSA) is 78.3 Å². The Morgan fingerprint density at radius 2 is 2.21 bits per heavy atom. The van der Waals surface area contributed by atoms with Crippen LogP contribution in [0.15, 0.2) is 22.8 Å². The van der Waals surface area contributed by atoms with E-state index >= 15 is 0 Å². The number of nitrogens with one attached hydrogen (secondary N) is 2. The molecule has 0 bridgehead atoms. The Labute approximate surface area is 112 Å². The molecule has 5 nitrogen and oxygen atoms in total. The summed E-state index contributed by atoms with van der Waals surface area (Å²) in [6, 6.07) is 3.43. The van der Waals surface area contributed by atoms with E-state index in [0.717, 1.165) is 18.4 Å². The third kappa shape index (κ3) is 2.98. The van der Waals surface area contributed by atoms with Gasteiger partial charge in [-0.15, -0.1) is 0 Å². The minimum atomic E-state index is -0.503. The van der Waals surface area contributed by atoms with Crippen LogP contribution in [0.4, 0.5) is 0 Å². The Balaban J connectivity index is 1.92. The van der Waals surface area contributed by atoms with Crippen LogP contribution in [-0.2, 0) is 0 Å². The molecule has 0 spiro atoms. The van der Waals surface area contributed by atoms with E-state index in [2.05, 4.69) is 10.3 Å². The normalized spacial score (nSPS) is 13.1. The number of carbonyl (C=O) groups is 1. The molecule has 5 heteroatoms. The van der Waals surface area contributed by atoms with Gasteiger partial charge in [-0.05, 0) is 5.92 Å². The molecular weight excluding hydrogens is 244 g/mol. The van der Waals surface area contributed by atoms with Gasteiger partial charge in [-0.25, -0.2) is 0 Å². The lowest BCUT2D eigenvalue weighted by atomic mass is 9.96. The highest BCUT2D eigenvalue weighted by Crippen LogP contribution is 2.16. The fourth-order valence-electron chi connectivity index (χ4n) is 2.26. The standard InChI is InChI=1S/C14H20N2O3/c1-3-9(4-2)12(17)8-15-14(18)11-7-13-10(16-11)5-6-19-13/h5-7,9,12,16-17H,3-4,8H2,1-2H3,(H,15,18). The summed E-state index contributed by atoms with van der Waals surface area (Å²) in [6.45, 7) is 4.35. The van der Waals surface area contributed by atoms with Crippen molar-refractivity contribution < 1.29 is 14.3 Å². The molecule has 1 unspecified atom stereocenters. The number of hydrogen-bond acceptors (Lipinski definition) is 3. The average molecular weight is 264 g/mol. The first-order chi connectivity index (χ1) is 9.15. The second kappa shape index (κ2) is 5.93. The Kier molecular flexibility index (Phi) is 4.27. The average Bonchev–Trinajstić information content (AvgIpc) is 2.98. The van der Waals surface area contributed by atoms with E-state index in [9.17, 15) is 9.90 Å². The maximum atomic E-state index is 11.9. The van der Waals surface area contributed by atoms with E-state index in [0.29, 0.717) is 11.3 Å². The van der Waals surface area contributed by atoms with Crippen LogP contribution in [0.2, 0.25) is 0 Å². The largest absolute Gasteiger partial charge is 0.463 e. The van der Waals surface area contributed by atoms with Crippen LogP contribution in [0.25, 0.3) is 11.1 Å². The van der Waals surface area contributed by atoms with Crippen molar-refractivity contribution in [3.63, 3.8) is 0 Å². The number of H-pyrrole nitrogens is 1. The zero-order valence-electron chi connectivity index (χ0n) is 11.3. The molecule has 1 atom stereocenters. The quantitative estimate of drug-likeness (QED) is 0.749. The molecule has 0 radical (unpaired) electrons. The lowest BCUT2D eigenvalue weighted by Crippen LogP contribution is -2.36. The third-order valence-electron chi connectivity index (χ3n) is 3.55. The van der Waals surface area contributed by atoms with Crippen molar-refractivity contribution in [1.82, 2.24) is 10.3 Å². The fourth-order valence-corrected chi connectivity index (χ4v) is 2.26. The zero-order chi connectivity index (χ0) is 13.8. The molecule has 19 heavy (non-hydrogen) atoms. The van der Waals surface area contributed by atoms with E-state index in [-0.39, 0.29) is 18.4 Å². The van der Waals surface area contributed by atoms with Gasteiger partial charge in [-0.1, -0.05) is 26.7 Å². The van der Waals surface area contributed by atoms with Gasteiger partial charge in [-0.3, -0.25) is 4.79 Å². The monoisotopic (exact) mass is 264 g/mol. The molecule has 2 rings (SSSR count). The number of aliphatic hydroxyl groups is 1. The number of aromatic amines is 1. The maximum Gasteiger partial charge on any atom is 0.267 e. The van der Waals surface area contributed by atoms with Crippen molar-refractivity contribution >= 4 is 17.0 Å². The number of amides is 1. The van der Waals surface area contributed by atoms with Crippen LogP contribution in [0.1, 0.15) is 37.2 Å². The minimum Gasteiger partial charge on any atom is -0.463 e. The van der Waals surface area contributed by atoms with Gasteiger partial charge in [0, 0.05) is 18.7 Å². The van der Waals surface area contributed by atoms with Crippen LogP contribution in [-0.4, -0.2) is 28.6 Å². The number of hydrogen-bond donors (Lipinski definition) is 3. The predicted octanol–water partition coefficient (Wildman–Crippen LogP) is 2.29. The molecule has 3 N–H and O–H groups in total. The molecule has 0 aliphatic heterocycles. The first-order valence-electron chi connectivity index (χ1n) is 6.68. The second-order valence-electron chi connectivity index (χ2n) is 4.74. The summed E-state index contributed by atoms with van der Waals surface area (Å²) in [7, 11) is 0. The Hall–Kier alpha value is -1.75. The van der Waals surface area contributed by atoms with Gasteiger partial charge in [-0.2, -0.15) is 0 Å². The summed E-state index contributed by atoms with van der Waals surface area (Å²) < 4.78 is 5.19. The van der Waals surface area contributed by atoms with Crippen molar-refractivity contribution in [3.05, 3.63) is 24.1 Å². The number of fused-ring (bicyclic) bond motifs is 1. The van der Waals surface area contributed by atoms with E-state index < -0.39 is 6.10 Å². The summed E-state index contributed by atoms with van der Waals surface area (Å²) in [4.78, 5) is 14.9. The minimum absolute atomic E-state index is 0.222. The molecule has 0 saturated heterocycles. The van der Waals surface area contributed by atoms with E-state index in [4.69, 9.17) is 4.42 Å². The van der Waals surface area contributed by atoms with Gasteiger partial charge in [0.25, 0.3) is 5.91 Å². The Morgan fingerprint density at radius 1 is 1.47 bits per heavy atom. The van der Waals surface area contributed by atoms with Crippen LogP contribution >= 0.6 is 0 Å². The molecule has 0 saturated carbocycles. The Morgan fingerprint density at radius 3 is 2.84 bits per heavy atom. The SMILES string of the molecule is CCC(CC)C(O)CNC(=O)c1cc2occc2[nH]1. The summed E-state index contributed by atoms with van der Waals surface area (Å²) in [5.74, 6) is -0.00313. The number of carbonyl (C=O) groups excluding carboxylic acids is 1. The van der Waals surface area contributed by atoms with Crippen molar-refractivity contribution in [2.45, 2.75) is 32.8 Å². The maximum absolute atomic E-state index is 11.9. The first-order valence-corrected chi connectivity index (χ1v) is 6.68. The van der Waals surface area contributed by atoms with Gasteiger partial charge in [0.1, 0.15) is 5.69 Å². The van der Waals surface area contributed by atoms with Gasteiger partial charge in [0.05, 0.1) is 17.9 Å². The molecule has 1 amide bonds. The lowest BCUT2D eigenvalue weighted by molar-refractivity contribution is 0.0813. The van der Waals surface area contributed by atoms with Crippen molar-refractivity contribution in [2.75, 3.05) is 6.54 Å². The van der Waals surface area contributed by atoms with Crippen LogP contribution in [0.5, 0.6) is 0 Å². The Bertz CT molecular complexity index is 511. The van der Waals surface area contributed by atoms with E-state index in [1.165, 1.54) is 0 Å². The van der Waals surface area contributed by atoms with E-state index in [1.54, 1.807) is 18.4 Å². The highest BCUT2D eigenvalue weighted by atomic mass is 16.3. The molecule has 0 aromatic carbocycles. The predicted molar refractivity (Wildman–Crippen MR) is 73.0 cm³/mol. The molecule has 2 aromatic heterocycles. The molecule has 0 aliphatic carbocycles. The summed E-state index contributed by atoms with van der Waals surface area (Å²) in [5.41, 5.74) is 1.91. The summed E-state index contributed by atoms with van der Waals surface area (Å²) in [6.07, 6.45) is 2.88. The molecule has 2 heterocycles. The molecule has 2 aromatic rings. The van der Waals surface area contributed by atoms with E-state index in [1.807, 2.05) is 13.8 Å². The van der Waals surface area contributed by atoms with Crippen LogP contribution in [0, 0.1) is 5.92 Å². The fraction of sp³-hybridized carbons (Fsp3) is 0.500. The van der Waals surface area contributed by atoms with Crippen LogP contribution in [0.3, 0.4) is 0 Å². The van der Waals surface area contributed by atoms with Crippen LogP contribution < -0.4 is 5.32 Å². The molecule has 0 aliphatic rings. The highest BCUT2D eigenvalue weighted by Gasteiger charge is 2.17. The van der Waals surface area contributed by atoms with Gasteiger partial charge in [0.2, 0.25) is 0 Å². The third-order valence-corrected chi connectivity index (χ3v) is 3.55. The van der Waals surface area contributed by atoms with Gasteiger partial charge >= 0.3 is 0 Å². The molecule has 0 fully saturated rings. The summed E-state index contributed by atoms with van der Waals surface area (Å²) >= 11 is 0. The van der Waals surface area contributed by atoms with Crippen molar-refractivity contribution in [2.24, 2.45) is 5.92 Å². The van der Waals surface area contributed by atoms with Gasteiger partial charge < -0.3 is 19.8 Å². The van der Waals surface area contributed by atoms with Crippen molar-refractivity contribution in [3.8, 4) is 0 Å². The molecule has 104 valence electrons. The zero-order valence-corrected chi connectivity index (χ0v) is 11.3. The second-order valence-corrected chi connectivity index (χ2v) is 4.74. The van der Waals surface area contributed by atoms with Crippen molar-refractivity contribution in [1.29, 1.82) is 0 Å². The first kappa shape index (κ1) is 13.7. The number of aromatic nitrogens is 1. The number of aliphatic hydroxyl groups excluding tert-OH is 1.